The second-order valence-electron chi connectivity index (χ2n) is 9.27. The van der Waals surface area contributed by atoms with Gasteiger partial charge in [-0.25, -0.2) is 15.0 Å². The van der Waals surface area contributed by atoms with Crippen molar-refractivity contribution in [2.75, 3.05) is 11.9 Å². The van der Waals surface area contributed by atoms with E-state index < -0.39 is 0 Å². The van der Waals surface area contributed by atoms with Crippen LogP contribution >= 0.6 is 11.3 Å². The Morgan fingerprint density at radius 3 is 2.71 bits per heavy atom. The molecule has 0 spiro atoms. The van der Waals surface area contributed by atoms with Crippen molar-refractivity contribution in [3.63, 3.8) is 0 Å². The number of aryl methyl sites for hydroxylation is 1. The van der Waals surface area contributed by atoms with Gasteiger partial charge in [-0.05, 0) is 30.2 Å². The molecule has 35 heavy (non-hydrogen) atoms. The molecule has 3 heterocycles. The van der Waals surface area contributed by atoms with Crippen molar-refractivity contribution in [1.29, 1.82) is 0 Å². The molecule has 0 saturated heterocycles. The number of nitrogens with two attached hydrogens (primary N) is 1. The highest BCUT2D eigenvalue weighted by Gasteiger charge is 2.20. The molecular formula is C25H30N8OS. The third-order valence-corrected chi connectivity index (χ3v) is 6.77. The van der Waals surface area contributed by atoms with Gasteiger partial charge in [0.15, 0.2) is 0 Å². The van der Waals surface area contributed by atoms with Crippen molar-refractivity contribution in [1.82, 2.24) is 30.0 Å². The van der Waals surface area contributed by atoms with Crippen LogP contribution in [0.1, 0.15) is 46.6 Å². The largest absolute Gasteiger partial charge is 0.347 e. The molecule has 0 saturated carbocycles. The van der Waals surface area contributed by atoms with E-state index >= 15 is 0 Å². The maximum absolute atomic E-state index is 12.6. The van der Waals surface area contributed by atoms with Crippen LogP contribution in [0.4, 0.5) is 11.6 Å². The van der Waals surface area contributed by atoms with Crippen LogP contribution in [-0.2, 0) is 18.5 Å². The molecule has 1 aromatic carbocycles. The fraction of sp³-hybridized carbons (Fsp3) is 0.320. The molecular weight excluding hydrogens is 460 g/mol. The molecule has 0 radical (unpaired) electrons. The summed E-state index contributed by atoms with van der Waals surface area (Å²) in [6.07, 6.45) is 6.96. The van der Waals surface area contributed by atoms with Gasteiger partial charge in [-0.1, -0.05) is 32.9 Å². The third-order valence-electron chi connectivity index (χ3n) is 5.35. The summed E-state index contributed by atoms with van der Waals surface area (Å²) >= 11 is 1.44. The summed E-state index contributed by atoms with van der Waals surface area (Å²) < 4.78 is 1.77. The second kappa shape index (κ2) is 10.3. The van der Waals surface area contributed by atoms with Gasteiger partial charge in [0.1, 0.15) is 4.88 Å². The van der Waals surface area contributed by atoms with E-state index in [9.17, 15) is 4.79 Å². The Morgan fingerprint density at radius 1 is 1.17 bits per heavy atom. The first kappa shape index (κ1) is 24.5. The number of hydrogen-bond acceptors (Lipinski definition) is 8. The van der Waals surface area contributed by atoms with E-state index in [4.69, 9.17) is 5.73 Å². The third kappa shape index (κ3) is 6.09. The molecule has 182 valence electrons. The number of thiazole rings is 1. The summed E-state index contributed by atoms with van der Waals surface area (Å²) in [5, 5.41) is 11.4. The van der Waals surface area contributed by atoms with Crippen molar-refractivity contribution in [3.8, 4) is 11.3 Å². The highest BCUT2D eigenvalue weighted by molar-refractivity contribution is 7.13. The fourth-order valence-corrected chi connectivity index (χ4v) is 4.32. The van der Waals surface area contributed by atoms with Crippen LogP contribution in [0.15, 0.2) is 49.1 Å². The molecule has 0 aliphatic heterocycles. The number of nitrogens with one attached hydrogen (secondary N) is 2. The number of benzene rings is 1. The van der Waals surface area contributed by atoms with Crippen molar-refractivity contribution >= 4 is 28.9 Å². The van der Waals surface area contributed by atoms with Gasteiger partial charge in [0.2, 0.25) is 5.95 Å². The van der Waals surface area contributed by atoms with Gasteiger partial charge in [0.25, 0.3) is 5.91 Å². The van der Waals surface area contributed by atoms with Crippen LogP contribution in [0.2, 0.25) is 0 Å². The lowest BCUT2D eigenvalue weighted by Crippen LogP contribution is -2.22. The predicted molar refractivity (Wildman–Crippen MR) is 139 cm³/mol. The van der Waals surface area contributed by atoms with E-state index in [0.717, 1.165) is 33.1 Å². The Labute approximate surface area is 208 Å². The first-order chi connectivity index (χ1) is 16.7. The molecule has 0 fully saturated rings. The minimum atomic E-state index is -0.109. The van der Waals surface area contributed by atoms with Gasteiger partial charge >= 0.3 is 0 Å². The molecule has 0 aliphatic carbocycles. The summed E-state index contributed by atoms with van der Waals surface area (Å²) in [5.41, 5.74) is 10.2. The molecule has 0 bridgehead atoms. The zero-order chi connectivity index (χ0) is 25.0. The fourth-order valence-electron chi connectivity index (χ4n) is 3.43. The highest BCUT2D eigenvalue weighted by Crippen LogP contribution is 2.27. The number of amides is 1. The average molecular weight is 491 g/mol. The minimum absolute atomic E-state index is 0.0710. The van der Waals surface area contributed by atoms with E-state index in [1.54, 1.807) is 23.3 Å². The van der Waals surface area contributed by atoms with Crippen LogP contribution in [-0.4, -0.2) is 37.2 Å². The molecule has 9 nitrogen and oxygen atoms in total. The topological polar surface area (TPSA) is 124 Å². The number of nitrogens with zero attached hydrogens (tertiary/aromatic N) is 5. The lowest BCUT2D eigenvalue weighted by Gasteiger charge is -2.13. The van der Waals surface area contributed by atoms with E-state index in [0.29, 0.717) is 30.5 Å². The van der Waals surface area contributed by atoms with Crippen LogP contribution in [0.5, 0.6) is 0 Å². The van der Waals surface area contributed by atoms with Gasteiger partial charge in [-0.2, -0.15) is 5.10 Å². The zero-order valence-corrected chi connectivity index (χ0v) is 21.2. The SMILES string of the molecule is Cc1cc(-c2ccnc(Nc3cnn(CCN)c3)n2)ccc1CNC(=O)c1cnc(C(C)(C)C)s1. The molecule has 0 unspecified atom stereocenters. The quantitative estimate of drug-likeness (QED) is 0.341. The number of anilines is 2. The van der Waals surface area contributed by atoms with Gasteiger partial charge < -0.3 is 16.4 Å². The summed E-state index contributed by atoms with van der Waals surface area (Å²) in [6.45, 7) is 9.91. The van der Waals surface area contributed by atoms with Crippen LogP contribution in [0.3, 0.4) is 0 Å². The molecule has 4 rings (SSSR count). The minimum Gasteiger partial charge on any atom is -0.347 e. The van der Waals surface area contributed by atoms with Gasteiger partial charge in [-0.15, -0.1) is 11.3 Å². The monoisotopic (exact) mass is 490 g/mol. The van der Waals surface area contributed by atoms with Crippen LogP contribution in [0, 0.1) is 6.92 Å². The van der Waals surface area contributed by atoms with E-state index in [-0.39, 0.29) is 11.3 Å². The Morgan fingerprint density at radius 2 is 2.00 bits per heavy atom. The highest BCUT2D eigenvalue weighted by atomic mass is 32.1. The average Bonchev–Trinajstić information content (AvgIpc) is 3.49. The predicted octanol–water partition coefficient (Wildman–Crippen LogP) is 4.03. The van der Waals surface area contributed by atoms with E-state index in [2.05, 4.69) is 57.5 Å². The van der Waals surface area contributed by atoms with E-state index in [1.807, 2.05) is 31.3 Å². The van der Waals surface area contributed by atoms with Gasteiger partial charge in [0.05, 0.1) is 35.3 Å². The van der Waals surface area contributed by atoms with Gasteiger partial charge in [0, 0.05) is 36.5 Å². The molecule has 4 N–H and O–H groups in total. The van der Waals surface area contributed by atoms with E-state index in [1.165, 1.54) is 11.3 Å². The number of carbonyl (C=O) groups excluding carboxylic acids is 1. The van der Waals surface area contributed by atoms with Crippen molar-refractivity contribution in [2.45, 2.75) is 46.2 Å². The summed E-state index contributed by atoms with van der Waals surface area (Å²) in [4.78, 5) is 26.6. The summed E-state index contributed by atoms with van der Waals surface area (Å²) in [7, 11) is 0. The zero-order valence-electron chi connectivity index (χ0n) is 20.4. The normalized spacial score (nSPS) is 11.5. The molecule has 1 amide bonds. The number of rotatable bonds is 8. The first-order valence-corrected chi connectivity index (χ1v) is 12.2. The molecule has 10 heteroatoms. The summed E-state index contributed by atoms with van der Waals surface area (Å²) in [5.74, 6) is 0.380. The number of carbonyl (C=O) groups is 1. The van der Waals surface area contributed by atoms with Crippen molar-refractivity contribution in [3.05, 3.63) is 70.1 Å². The Balaban J connectivity index is 1.42. The van der Waals surface area contributed by atoms with Crippen LogP contribution < -0.4 is 16.4 Å². The maximum atomic E-state index is 12.6. The lowest BCUT2D eigenvalue weighted by molar-refractivity contribution is 0.0954. The van der Waals surface area contributed by atoms with Gasteiger partial charge in [-0.3, -0.25) is 9.48 Å². The van der Waals surface area contributed by atoms with Crippen molar-refractivity contribution in [2.24, 2.45) is 5.73 Å². The molecule has 0 atom stereocenters. The Kier molecular flexibility index (Phi) is 7.23. The lowest BCUT2D eigenvalue weighted by atomic mass is 9.98. The number of hydrogen-bond donors (Lipinski definition) is 3. The molecule has 4 aromatic rings. The maximum Gasteiger partial charge on any atom is 0.263 e. The smallest absolute Gasteiger partial charge is 0.263 e. The standard InChI is InChI=1S/C25H30N8OS/c1-16-11-17(20-7-9-27-24(32-20)31-19-13-30-33(15-19)10-8-26)5-6-18(16)12-28-22(34)21-14-29-23(35-21)25(2,3)4/h5-7,9,11,13-15H,8,10,12,26H2,1-4H3,(H,28,34)(H,27,31,32). The Hall–Kier alpha value is -3.63. The summed E-state index contributed by atoms with van der Waals surface area (Å²) in [6, 6.07) is 7.96. The van der Waals surface area contributed by atoms with Crippen LogP contribution in [0.25, 0.3) is 11.3 Å². The Bertz CT molecular complexity index is 1320. The van der Waals surface area contributed by atoms with Crippen molar-refractivity contribution < 1.29 is 4.79 Å². The number of aromatic nitrogens is 5. The molecule has 0 aliphatic rings. The second-order valence-corrected chi connectivity index (χ2v) is 10.3. The molecule has 3 aromatic heterocycles. The first-order valence-electron chi connectivity index (χ1n) is 11.4.